The van der Waals surface area contributed by atoms with Gasteiger partial charge in [-0.25, -0.2) is 0 Å². The van der Waals surface area contributed by atoms with E-state index in [2.05, 4.69) is 24.5 Å². The van der Waals surface area contributed by atoms with Crippen LogP contribution in [0.25, 0.3) is 0 Å². The highest BCUT2D eigenvalue weighted by Gasteiger charge is 2.10. The number of thiocarbonyl (C=S) groups is 1. The average Bonchev–Trinajstić information content (AvgIpc) is 2.68. The Morgan fingerprint density at radius 3 is 2.32 bits per heavy atom. The van der Waals surface area contributed by atoms with E-state index < -0.39 is 0 Å². The third-order valence-corrected chi connectivity index (χ3v) is 4.15. The molecular formula is C21H26N2O4S. The smallest absolute Gasteiger partial charge is 0.257 e. The van der Waals surface area contributed by atoms with Gasteiger partial charge in [-0.15, -0.1) is 0 Å². The largest absolute Gasteiger partial charge is 0.494 e. The zero-order valence-corrected chi connectivity index (χ0v) is 17.4. The van der Waals surface area contributed by atoms with E-state index in [1.807, 2.05) is 0 Å². The van der Waals surface area contributed by atoms with Crippen molar-refractivity contribution in [2.45, 2.75) is 20.3 Å². The molecule has 0 heterocycles. The van der Waals surface area contributed by atoms with E-state index in [1.54, 1.807) is 56.7 Å². The lowest BCUT2D eigenvalue weighted by atomic mass is 10.1. The number of carbonyl (C=O) groups is 1. The molecule has 0 aliphatic heterocycles. The summed E-state index contributed by atoms with van der Waals surface area (Å²) in [5.74, 6) is 2.20. The number of rotatable bonds is 8. The van der Waals surface area contributed by atoms with Crippen LogP contribution in [0.2, 0.25) is 0 Å². The summed E-state index contributed by atoms with van der Waals surface area (Å²) in [6, 6.07) is 12.2. The summed E-state index contributed by atoms with van der Waals surface area (Å²) in [6.07, 6.45) is 0.984. The molecular weight excluding hydrogens is 376 g/mol. The van der Waals surface area contributed by atoms with Crippen LogP contribution >= 0.6 is 12.2 Å². The molecule has 0 aliphatic carbocycles. The maximum Gasteiger partial charge on any atom is 0.257 e. The maximum atomic E-state index is 12.4. The Bertz CT molecular complexity index is 807. The SMILES string of the molecule is COc1ccc(NC(=S)NC(=O)c2ccc(OCCC(C)C)cc2)cc1OC. The van der Waals surface area contributed by atoms with E-state index in [0.717, 1.165) is 12.2 Å². The van der Waals surface area contributed by atoms with Gasteiger partial charge in [-0.05, 0) is 61.0 Å². The van der Waals surface area contributed by atoms with Crippen LogP contribution in [0.5, 0.6) is 17.2 Å². The first-order valence-electron chi connectivity index (χ1n) is 9.00. The molecule has 2 aromatic carbocycles. The zero-order valence-electron chi connectivity index (χ0n) is 16.6. The molecule has 2 N–H and O–H groups in total. The second-order valence-electron chi connectivity index (χ2n) is 6.53. The van der Waals surface area contributed by atoms with Crippen molar-refractivity contribution in [3.63, 3.8) is 0 Å². The summed E-state index contributed by atoms with van der Waals surface area (Å²) >= 11 is 5.22. The fraction of sp³-hybridized carbons (Fsp3) is 0.333. The van der Waals surface area contributed by atoms with Crippen LogP contribution in [0.1, 0.15) is 30.6 Å². The van der Waals surface area contributed by atoms with Gasteiger partial charge in [0.1, 0.15) is 5.75 Å². The number of hydrogen-bond acceptors (Lipinski definition) is 5. The number of anilines is 1. The van der Waals surface area contributed by atoms with Gasteiger partial charge in [0.05, 0.1) is 20.8 Å². The molecule has 7 heteroatoms. The van der Waals surface area contributed by atoms with Gasteiger partial charge >= 0.3 is 0 Å². The normalized spacial score (nSPS) is 10.3. The predicted octanol–water partition coefficient (Wildman–Crippen LogP) is 4.26. The van der Waals surface area contributed by atoms with Crippen molar-refractivity contribution in [2.75, 3.05) is 26.1 Å². The second kappa shape index (κ2) is 10.5. The minimum Gasteiger partial charge on any atom is -0.494 e. The van der Waals surface area contributed by atoms with Gasteiger partial charge in [-0.1, -0.05) is 13.8 Å². The van der Waals surface area contributed by atoms with Crippen molar-refractivity contribution in [2.24, 2.45) is 5.92 Å². The first-order valence-corrected chi connectivity index (χ1v) is 9.41. The van der Waals surface area contributed by atoms with Crippen LogP contribution in [-0.4, -0.2) is 31.8 Å². The Kier molecular flexibility index (Phi) is 8.07. The summed E-state index contributed by atoms with van der Waals surface area (Å²) in [6.45, 7) is 4.95. The van der Waals surface area contributed by atoms with Gasteiger partial charge in [0.25, 0.3) is 5.91 Å². The van der Waals surface area contributed by atoms with Gasteiger partial charge in [-0.2, -0.15) is 0 Å². The van der Waals surface area contributed by atoms with E-state index >= 15 is 0 Å². The van der Waals surface area contributed by atoms with Gasteiger partial charge < -0.3 is 19.5 Å². The molecule has 150 valence electrons. The van der Waals surface area contributed by atoms with E-state index in [0.29, 0.717) is 35.3 Å². The highest BCUT2D eigenvalue weighted by atomic mass is 32.1. The molecule has 0 atom stereocenters. The van der Waals surface area contributed by atoms with Crippen LogP contribution in [0, 0.1) is 5.92 Å². The molecule has 0 radical (unpaired) electrons. The van der Waals surface area contributed by atoms with Crippen LogP contribution in [0.15, 0.2) is 42.5 Å². The lowest BCUT2D eigenvalue weighted by Gasteiger charge is -2.13. The lowest BCUT2D eigenvalue weighted by Crippen LogP contribution is -2.34. The number of methoxy groups -OCH3 is 2. The molecule has 0 aromatic heterocycles. The fourth-order valence-electron chi connectivity index (χ4n) is 2.37. The Hall–Kier alpha value is -2.80. The van der Waals surface area contributed by atoms with Crippen molar-refractivity contribution >= 4 is 28.9 Å². The van der Waals surface area contributed by atoms with Crippen molar-refractivity contribution in [1.29, 1.82) is 0 Å². The van der Waals surface area contributed by atoms with Crippen molar-refractivity contribution < 1.29 is 19.0 Å². The second-order valence-corrected chi connectivity index (χ2v) is 6.94. The van der Waals surface area contributed by atoms with Crippen LogP contribution in [-0.2, 0) is 0 Å². The van der Waals surface area contributed by atoms with E-state index in [-0.39, 0.29) is 11.0 Å². The van der Waals surface area contributed by atoms with Crippen molar-refractivity contribution in [3.05, 3.63) is 48.0 Å². The predicted molar refractivity (Wildman–Crippen MR) is 115 cm³/mol. The van der Waals surface area contributed by atoms with Gasteiger partial charge in [0.15, 0.2) is 16.6 Å². The Morgan fingerprint density at radius 2 is 1.71 bits per heavy atom. The van der Waals surface area contributed by atoms with E-state index in [9.17, 15) is 4.79 Å². The number of benzene rings is 2. The van der Waals surface area contributed by atoms with Crippen molar-refractivity contribution in [3.8, 4) is 17.2 Å². The number of amides is 1. The Morgan fingerprint density at radius 1 is 1.04 bits per heavy atom. The molecule has 2 rings (SSSR count). The van der Waals surface area contributed by atoms with Gasteiger partial charge in [0.2, 0.25) is 0 Å². The third-order valence-electron chi connectivity index (χ3n) is 3.95. The van der Waals surface area contributed by atoms with E-state index in [4.69, 9.17) is 26.4 Å². The average molecular weight is 403 g/mol. The van der Waals surface area contributed by atoms with Crippen LogP contribution < -0.4 is 24.8 Å². The summed E-state index contributed by atoms with van der Waals surface area (Å²) in [4.78, 5) is 12.4. The van der Waals surface area contributed by atoms with Gasteiger partial charge in [0, 0.05) is 17.3 Å². The molecule has 0 spiro atoms. The number of nitrogens with one attached hydrogen (secondary N) is 2. The standard InChI is InChI=1S/C21H26N2O4S/c1-14(2)11-12-27-17-8-5-15(6-9-17)20(24)23-21(28)22-16-7-10-18(25-3)19(13-16)26-4/h5-10,13-14H,11-12H2,1-4H3,(H2,22,23,24,28). The van der Waals surface area contributed by atoms with Crippen LogP contribution in [0.3, 0.4) is 0 Å². The molecule has 6 nitrogen and oxygen atoms in total. The minimum absolute atomic E-state index is 0.189. The quantitative estimate of drug-likeness (QED) is 0.643. The maximum absolute atomic E-state index is 12.4. The van der Waals surface area contributed by atoms with Crippen LogP contribution in [0.4, 0.5) is 5.69 Å². The number of carbonyl (C=O) groups excluding carboxylic acids is 1. The zero-order chi connectivity index (χ0) is 20.5. The molecule has 0 bridgehead atoms. The van der Waals surface area contributed by atoms with Gasteiger partial charge in [-0.3, -0.25) is 10.1 Å². The molecule has 0 unspecified atom stereocenters. The number of ether oxygens (including phenoxy) is 3. The highest BCUT2D eigenvalue weighted by Crippen LogP contribution is 2.29. The van der Waals surface area contributed by atoms with E-state index in [1.165, 1.54) is 0 Å². The summed E-state index contributed by atoms with van der Waals surface area (Å²) in [5, 5.41) is 5.80. The Balaban J connectivity index is 1.90. The molecule has 0 saturated carbocycles. The Labute approximate surface area is 171 Å². The topological polar surface area (TPSA) is 68.8 Å². The molecule has 2 aromatic rings. The first-order chi connectivity index (χ1) is 13.4. The third kappa shape index (κ3) is 6.42. The molecule has 0 fully saturated rings. The fourth-order valence-corrected chi connectivity index (χ4v) is 2.58. The monoisotopic (exact) mass is 402 g/mol. The summed E-state index contributed by atoms with van der Waals surface area (Å²) in [7, 11) is 3.12. The molecule has 1 amide bonds. The minimum atomic E-state index is -0.299. The lowest BCUT2D eigenvalue weighted by molar-refractivity contribution is 0.0977. The molecule has 28 heavy (non-hydrogen) atoms. The number of hydrogen-bond donors (Lipinski definition) is 2. The molecule has 0 aliphatic rings. The summed E-state index contributed by atoms with van der Waals surface area (Å²) in [5.41, 5.74) is 1.17. The molecule has 0 saturated heterocycles. The highest BCUT2D eigenvalue weighted by molar-refractivity contribution is 7.80. The summed E-state index contributed by atoms with van der Waals surface area (Å²) < 4.78 is 16.1. The van der Waals surface area contributed by atoms with Crippen molar-refractivity contribution in [1.82, 2.24) is 5.32 Å². The first kappa shape index (κ1) is 21.5.